The molecule has 1 aliphatic rings. The molecule has 1 amide bonds. The number of hydrogen-bond donors (Lipinski definition) is 1. The van der Waals surface area contributed by atoms with Crippen LogP contribution in [0.15, 0.2) is 64.9 Å². The summed E-state index contributed by atoms with van der Waals surface area (Å²) in [5.74, 6) is -1.30. The van der Waals surface area contributed by atoms with Crippen LogP contribution in [0.4, 0.5) is 10.1 Å². The lowest BCUT2D eigenvalue weighted by Crippen LogP contribution is -2.41. The van der Waals surface area contributed by atoms with E-state index in [9.17, 15) is 21.6 Å². The molecule has 1 N–H and O–H groups in total. The van der Waals surface area contributed by atoms with E-state index in [0.29, 0.717) is 25.9 Å². The maximum absolute atomic E-state index is 15.1. The van der Waals surface area contributed by atoms with Crippen molar-refractivity contribution in [2.75, 3.05) is 17.7 Å². The molecule has 4 rings (SSSR count). The number of amides is 1. The molecule has 36 heavy (non-hydrogen) atoms. The number of allylic oxidation sites excluding steroid dienone is 1. The third-order valence-corrected chi connectivity index (χ3v) is 9.44. The van der Waals surface area contributed by atoms with Gasteiger partial charge in [-0.15, -0.1) is 11.3 Å². The van der Waals surface area contributed by atoms with Crippen molar-refractivity contribution in [1.82, 2.24) is 4.72 Å². The molecule has 0 aliphatic carbocycles. The van der Waals surface area contributed by atoms with Crippen LogP contribution in [0.1, 0.15) is 18.2 Å². The molecule has 1 aromatic heterocycles. The Kier molecular flexibility index (Phi) is 7.40. The highest BCUT2D eigenvalue weighted by molar-refractivity contribution is 7.92. The molecular weight excluding hydrogens is 547 g/mol. The normalized spacial score (nSPS) is 17.1. The maximum atomic E-state index is 15.1. The van der Waals surface area contributed by atoms with E-state index in [2.05, 4.69) is 4.72 Å². The van der Waals surface area contributed by atoms with Crippen LogP contribution >= 0.6 is 22.9 Å². The fourth-order valence-electron chi connectivity index (χ4n) is 4.00. The average Bonchev–Trinajstić information content (AvgIpc) is 3.38. The summed E-state index contributed by atoms with van der Waals surface area (Å²) in [4.78, 5) is 14.9. The fourth-order valence-corrected chi connectivity index (χ4v) is 7.28. The Labute approximate surface area is 218 Å². The van der Waals surface area contributed by atoms with Crippen LogP contribution in [0.25, 0.3) is 16.7 Å². The van der Waals surface area contributed by atoms with Gasteiger partial charge in [0.15, 0.2) is 9.84 Å². The van der Waals surface area contributed by atoms with Gasteiger partial charge in [-0.25, -0.2) is 21.2 Å². The number of nitrogens with zero attached hydrogens (tertiary/aromatic N) is 1. The van der Waals surface area contributed by atoms with Crippen molar-refractivity contribution in [3.8, 4) is 11.1 Å². The molecule has 0 saturated carbocycles. The van der Waals surface area contributed by atoms with Crippen LogP contribution in [-0.2, 0) is 24.7 Å². The summed E-state index contributed by atoms with van der Waals surface area (Å²) in [6, 6.07) is 12.7. The van der Waals surface area contributed by atoms with E-state index < -0.39 is 37.6 Å². The molecular formula is C24H22ClFN2O5S3. The smallest absolute Gasteiger partial charge is 0.245 e. The first-order valence-electron chi connectivity index (χ1n) is 10.7. The number of thiophene rings is 1. The maximum Gasteiger partial charge on any atom is 0.245 e. The Morgan fingerprint density at radius 1 is 1.14 bits per heavy atom. The molecule has 2 aromatic carbocycles. The van der Waals surface area contributed by atoms with Gasteiger partial charge < -0.3 is 4.90 Å². The number of benzene rings is 2. The molecule has 0 spiro atoms. The van der Waals surface area contributed by atoms with Gasteiger partial charge in [0, 0.05) is 23.2 Å². The van der Waals surface area contributed by atoms with Crippen molar-refractivity contribution < 1.29 is 26.0 Å². The molecule has 190 valence electrons. The first-order chi connectivity index (χ1) is 16.9. The number of nitrogens with one attached hydrogen (secondary N) is 1. The SMILES string of the molecule is CC(=CS(=O)(=O)N[C@H]1CCN(c2ccc(-c3ccccc3S(C)(=O)=O)cc2F)C1=O)c1ccc(Cl)s1. The predicted octanol–water partition coefficient (Wildman–Crippen LogP) is 4.70. The van der Waals surface area contributed by atoms with Crippen molar-refractivity contribution in [2.45, 2.75) is 24.3 Å². The van der Waals surface area contributed by atoms with Crippen LogP contribution in [0.3, 0.4) is 0 Å². The van der Waals surface area contributed by atoms with Gasteiger partial charge in [0.05, 0.1) is 20.3 Å². The van der Waals surface area contributed by atoms with Gasteiger partial charge in [0.25, 0.3) is 0 Å². The molecule has 0 radical (unpaired) electrons. The fraction of sp³-hybridized carbons (Fsp3) is 0.208. The van der Waals surface area contributed by atoms with Gasteiger partial charge in [-0.3, -0.25) is 4.79 Å². The van der Waals surface area contributed by atoms with Gasteiger partial charge in [-0.2, -0.15) is 4.72 Å². The number of hydrogen-bond acceptors (Lipinski definition) is 6. The summed E-state index contributed by atoms with van der Waals surface area (Å²) in [6.45, 7) is 1.74. The molecule has 12 heteroatoms. The molecule has 1 atom stereocenters. The summed E-state index contributed by atoms with van der Waals surface area (Å²) in [5.41, 5.74) is 1.15. The van der Waals surface area contributed by atoms with E-state index in [1.807, 2.05) is 0 Å². The van der Waals surface area contributed by atoms with E-state index >= 15 is 4.39 Å². The molecule has 1 aliphatic heterocycles. The third kappa shape index (κ3) is 5.70. The van der Waals surface area contributed by atoms with Gasteiger partial charge in [0.2, 0.25) is 15.9 Å². The molecule has 7 nitrogen and oxygen atoms in total. The number of sulfonamides is 1. The molecule has 1 saturated heterocycles. The zero-order chi connectivity index (χ0) is 26.3. The molecule has 3 aromatic rings. The summed E-state index contributed by atoms with van der Waals surface area (Å²) < 4.78 is 67.5. The summed E-state index contributed by atoms with van der Waals surface area (Å²) in [7, 11) is -7.50. The second kappa shape index (κ2) is 10.1. The Morgan fingerprint density at radius 2 is 1.86 bits per heavy atom. The second-order valence-corrected chi connectivity index (χ2v) is 13.6. The first kappa shape index (κ1) is 26.5. The number of halogens is 2. The lowest BCUT2D eigenvalue weighted by Gasteiger charge is -2.19. The number of carbonyl (C=O) groups is 1. The topological polar surface area (TPSA) is 101 Å². The van der Waals surface area contributed by atoms with E-state index in [-0.39, 0.29) is 23.5 Å². The molecule has 0 unspecified atom stereocenters. The highest BCUT2D eigenvalue weighted by atomic mass is 35.5. The monoisotopic (exact) mass is 568 g/mol. The van der Waals surface area contributed by atoms with Crippen LogP contribution < -0.4 is 9.62 Å². The highest BCUT2D eigenvalue weighted by Crippen LogP contribution is 2.33. The number of rotatable bonds is 7. The minimum absolute atomic E-state index is 0.0118. The van der Waals surface area contributed by atoms with Gasteiger partial charge in [0.1, 0.15) is 11.9 Å². The predicted molar refractivity (Wildman–Crippen MR) is 141 cm³/mol. The van der Waals surface area contributed by atoms with Crippen molar-refractivity contribution >= 4 is 60.0 Å². The van der Waals surface area contributed by atoms with Crippen LogP contribution in [0.5, 0.6) is 0 Å². The average molecular weight is 569 g/mol. The first-order valence-corrected chi connectivity index (χ1v) is 15.4. The largest absolute Gasteiger partial charge is 0.308 e. The number of sulfone groups is 1. The van der Waals surface area contributed by atoms with Crippen LogP contribution in [0.2, 0.25) is 4.34 Å². The Morgan fingerprint density at radius 3 is 2.50 bits per heavy atom. The van der Waals surface area contributed by atoms with Crippen molar-refractivity contribution in [1.29, 1.82) is 0 Å². The summed E-state index contributed by atoms with van der Waals surface area (Å²) in [5, 5.41) is 1.04. The van der Waals surface area contributed by atoms with Crippen LogP contribution in [-0.4, -0.2) is 41.6 Å². The zero-order valence-electron chi connectivity index (χ0n) is 19.2. The molecule has 0 bridgehead atoms. The zero-order valence-corrected chi connectivity index (χ0v) is 22.4. The Bertz CT molecular complexity index is 1580. The lowest BCUT2D eigenvalue weighted by atomic mass is 10.0. The summed E-state index contributed by atoms with van der Waals surface area (Å²) in [6.07, 6.45) is 1.24. The van der Waals surface area contributed by atoms with Gasteiger partial charge in [-0.05, 0) is 54.8 Å². The van der Waals surface area contributed by atoms with Gasteiger partial charge in [-0.1, -0.05) is 35.9 Å². The van der Waals surface area contributed by atoms with E-state index in [1.165, 1.54) is 40.5 Å². The second-order valence-electron chi connectivity index (χ2n) is 8.33. The van der Waals surface area contributed by atoms with Crippen molar-refractivity contribution in [2.24, 2.45) is 0 Å². The summed E-state index contributed by atoms with van der Waals surface area (Å²) >= 11 is 7.15. The van der Waals surface area contributed by atoms with E-state index in [1.54, 1.807) is 37.3 Å². The Balaban J connectivity index is 1.54. The minimum atomic E-state index is -3.96. The lowest BCUT2D eigenvalue weighted by molar-refractivity contribution is -0.118. The molecule has 1 fully saturated rings. The van der Waals surface area contributed by atoms with Gasteiger partial charge >= 0.3 is 0 Å². The van der Waals surface area contributed by atoms with Crippen molar-refractivity contribution in [3.05, 3.63) is 75.0 Å². The minimum Gasteiger partial charge on any atom is -0.308 e. The van der Waals surface area contributed by atoms with E-state index in [4.69, 9.17) is 11.6 Å². The third-order valence-electron chi connectivity index (χ3n) is 5.64. The standard InChI is InChI=1S/C24H22ClFN2O5S3/c1-15(21-9-10-23(25)34-21)14-36(32,33)27-19-11-12-28(24(19)29)20-8-7-16(13-18(20)26)17-5-3-4-6-22(17)35(2,30)31/h3-10,13-14,19,27H,11-12H2,1-2H3/t19-/m0/s1. The number of carbonyl (C=O) groups excluding carboxylic acids is 1. The highest BCUT2D eigenvalue weighted by Gasteiger charge is 2.36. The quantitative estimate of drug-likeness (QED) is 0.445. The van der Waals surface area contributed by atoms with Crippen molar-refractivity contribution in [3.63, 3.8) is 0 Å². The van der Waals surface area contributed by atoms with Crippen LogP contribution in [0, 0.1) is 5.82 Å². The molecule has 2 heterocycles. The van der Waals surface area contributed by atoms with E-state index in [0.717, 1.165) is 11.7 Å². The Hall–Kier alpha value is -2.57. The number of anilines is 1.